The van der Waals surface area contributed by atoms with Gasteiger partial charge in [-0.1, -0.05) is 20.8 Å². The Morgan fingerprint density at radius 2 is 1.83 bits per heavy atom. The van der Waals surface area contributed by atoms with Crippen LogP contribution in [0.1, 0.15) is 38.6 Å². The topological polar surface area (TPSA) is 70.3 Å². The van der Waals surface area contributed by atoms with E-state index in [0.717, 1.165) is 12.0 Å². The molecule has 0 saturated heterocycles. The summed E-state index contributed by atoms with van der Waals surface area (Å²) in [7, 11) is 1.67. The summed E-state index contributed by atoms with van der Waals surface area (Å²) in [5.74, 6) is 1.76. The molecule has 0 spiro atoms. The number of anilines is 1. The van der Waals surface area contributed by atoms with Crippen LogP contribution >= 0.6 is 0 Å². The van der Waals surface area contributed by atoms with E-state index in [0.29, 0.717) is 30.7 Å². The van der Waals surface area contributed by atoms with E-state index < -0.39 is 0 Å². The first-order valence-corrected chi connectivity index (χ1v) is 6.12. The van der Waals surface area contributed by atoms with Crippen molar-refractivity contribution in [2.75, 3.05) is 26.1 Å². The number of hydrogen-bond acceptors (Lipinski definition) is 5. The van der Waals surface area contributed by atoms with Crippen LogP contribution in [-0.4, -0.2) is 30.3 Å². The highest BCUT2D eigenvalue weighted by molar-refractivity contribution is 5.45. The SMILES string of the molecule is COCCCOc1nc(C(C)(C)C)nc(N)c1C. The Morgan fingerprint density at radius 1 is 1.17 bits per heavy atom. The van der Waals surface area contributed by atoms with Crippen LogP contribution in [0, 0.1) is 6.92 Å². The zero-order valence-corrected chi connectivity index (χ0v) is 11.9. The van der Waals surface area contributed by atoms with Gasteiger partial charge in [-0.15, -0.1) is 0 Å². The molecule has 5 heteroatoms. The molecule has 2 N–H and O–H groups in total. The van der Waals surface area contributed by atoms with E-state index in [1.807, 2.05) is 27.7 Å². The third-order valence-corrected chi connectivity index (χ3v) is 2.54. The van der Waals surface area contributed by atoms with Crippen molar-refractivity contribution in [3.05, 3.63) is 11.4 Å². The Labute approximate surface area is 109 Å². The Kier molecular flexibility index (Phi) is 4.90. The monoisotopic (exact) mass is 253 g/mol. The third kappa shape index (κ3) is 3.84. The van der Waals surface area contributed by atoms with Crippen molar-refractivity contribution in [1.82, 2.24) is 9.97 Å². The van der Waals surface area contributed by atoms with Crippen molar-refractivity contribution < 1.29 is 9.47 Å². The van der Waals surface area contributed by atoms with E-state index in [1.165, 1.54) is 0 Å². The van der Waals surface area contributed by atoms with Gasteiger partial charge in [-0.05, 0) is 6.92 Å². The lowest BCUT2D eigenvalue weighted by Crippen LogP contribution is -2.19. The fraction of sp³-hybridized carbons (Fsp3) is 0.692. The highest BCUT2D eigenvalue weighted by Crippen LogP contribution is 2.26. The number of nitrogen functional groups attached to an aromatic ring is 1. The van der Waals surface area contributed by atoms with Crippen LogP contribution in [0.3, 0.4) is 0 Å². The quantitative estimate of drug-likeness (QED) is 0.813. The molecular weight excluding hydrogens is 230 g/mol. The molecule has 0 unspecified atom stereocenters. The van der Waals surface area contributed by atoms with E-state index in [2.05, 4.69) is 9.97 Å². The standard InChI is InChI=1S/C13H23N3O2/c1-9-10(14)15-12(13(2,3)4)16-11(9)18-8-6-7-17-5/h6-8H2,1-5H3,(H2,14,15,16). The minimum absolute atomic E-state index is 0.146. The largest absolute Gasteiger partial charge is 0.477 e. The van der Waals surface area contributed by atoms with Gasteiger partial charge in [0.05, 0.1) is 12.2 Å². The maximum absolute atomic E-state index is 5.89. The van der Waals surface area contributed by atoms with E-state index in [9.17, 15) is 0 Å². The zero-order valence-electron chi connectivity index (χ0n) is 11.9. The zero-order chi connectivity index (χ0) is 13.8. The molecule has 102 valence electrons. The van der Waals surface area contributed by atoms with Gasteiger partial charge in [0.15, 0.2) is 0 Å². The van der Waals surface area contributed by atoms with Crippen LogP contribution in [0.2, 0.25) is 0 Å². The summed E-state index contributed by atoms with van der Waals surface area (Å²) in [5, 5.41) is 0. The molecule has 1 aromatic heterocycles. The van der Waals surface area contributed by atoms with Crippen molar-refractivity contribution in [3.8, 4) is 5.88 Å². The van der Waals surface area contributed by atoms with Crippen LogP contribution in [0.4, 0.5) is 5.82 Å². The molecule has 0 amide bonds. The number of ether oxygens (including phenoxy) is 2. The molecule has 0 saturated carbocycles. The van der Waals surface area contributed by atoms with Gasteiger partial charge in [0.2, 0.25) is 5.88 Å². The average Bonchev–Trinajstić information content (AvgIpc) is 2.28. The molecule has 0 aliphatic carbocycles. The van der Waals surface area contributed by atoms with Gasteiger partial charge >= 0.3 is 0 Å². The second-order valence-electron chi connectivity index (χ2n) is 5.31. The van der Waals surface area contributed by atoms with Crippen molar-refractivity contribution >= 4 is 5.82 Å². The van der Waals surface area contributed by atoms with Gasteiger partial charge in [0, 0.05) is 25.6 Å². The first kappa shape index (κ1) is 14.7. The summed E-state index contributed by atoms with van der Waals surface area (Å²) < 4.78 is 10.6. The predicted octanol–water partition coefficient (Wildman–Crippen LogP) is 2.08. The molecule has 1 heterocycles. The number of aromatic nitrogens is 2. The molecule has 5 nitrogen and oxygen atoms in total. The van der Waals surface area contributed by atoms with Gasteiger partial charge < -0.3 is 15.2 Å². The molecule has 0 aliphatic rings. The van der Waals surface area contributed by atoms with Gasteiger partial charge in [0.25, 0.3) is 0 Å². The molecule has 1 rings (SSSR count). The summed E-state index contributed by atoms with van der Waals surface area (Å²) in [6, 6.07) is 0. The van der Waals surface area contributed by atoms with Crippen LogP contribution in [0.5, 0.6) is 5.88 Å². The number of nitrogens with two attached hydrogens (primary N) is 1. The average molecular weight is 253 g/mol. The normalized spacial score (nSPS) is 11.6. The lowest BCUT2D eigenvalue weighted by atomic mass is 9.95. The maximum atomic E-state index is 5.89. The minimum Gasteiger partial charge on any atom is -0.477 e. The van der Waals surface area contributed by atoms with E-state index in [1.54, 1.807) is 7.11 Å². The number of methoxy groups -OCH3 is 1. The second-order valence-corrected chi connectivity index (χ2v) is 5.31. The molecule has 0 atom stereocenters. The first-order chi connectivity index (χ1) is 8.36. The summed E-state index contributed by atoms with van der Waals surface area (Å²) in [6.45, 7) is 9.25. The molecule has 0 radical (unpaired) electrons. The number of hydrogen-bond donors (Lipinski definition) is 1. The maximum Gasteiger partial charge on any atom is 0.221 e. The Morgan fingerprint density at radius 3 is 2.39 bits per heavy atom. The molecule has 1 aromatic rings. The van der Waals surface area contributed by atoms with Gasteiger partial charge in [-0.2, -0.15) is 4.98 Å². The van der Waals surface area contributed by atoms with Crippen molar-refractivity contribution in [1.29, 1.82) is 0 Å². The Balaban J connectivity index is 2.86. The van der Waals surface area contributed by atoms with E-state index in [-0.39, 0.29) is 5.41 Å². The number of rotatable bonds is 5. The molecule has 0 fully saturated rings. The predicted molar refractivity (Wildman–Crippen MR) is 71.9 cm³/mol. The van der Waals surface area contributed by atoms with Crippen molar-refractivity contribution in [2.24, 2.45) is 0 Å². The smallest absolute Gasteiger partial charge is 0.221 e. The third-order valence-electron chi connectivity index (χ3n) is 2.54. The molecule has 0 aromatic carbocycles. The fourth-order valence-corrected chi connectivity index (χ4v) is 1.36. The summed E-state index contributed by atoms with van der Waals surface area (Å²) in [4.78, 5) is 8.76. The lowest BCUT2D eigenvalue weighted by molar-refractivity contribution is 0.170. The molecule has 18 heavy (non-hydrogen) atoms. The Bertz CT molecular complexity index is 400. The first-order valence-electron chi connectivity index (χ1n) is 6.12. The summed E-state index contributed by atoms with van der Waals surface area (Å²) >= 11 is 0. The van der Waals surface area contributed by atoms with Gasteiger partial charge in [0.1, 0.15) is 11.6 Å². The lowest BCUT2D eigenvalue weighted by Gasteiger charge is -2.19. The van der Waals surface area contributed by atoms with E-state index >= 15 is 0 Å². The number of nitrogens with zero attached hydrogens (tertiary/aromatic N) is 2. The van der Waals surface area contributed by atoms with Gasteiger partial charge in [-0.3, -0.25) is 0 Å². The van der Waals surface area contributed by atoms with Crippen LogP contribution in [0.15, 0.2) is 0 Å². The van der Waals surface area contributed by atoms with Crippen molar-refractivity contribution in [3.63, 3.8) is 0 Å². The van der Waals surface area contributed by atoms with E-state index in [4.69, 9.17) is 15.2 Å². The summed E-state index contributed by atoms with van der Waals surface area (Å²) in [5.41, 5.74) is 6.54. The highest BCUT2D eigenvalue weighted by Gasteiger charge is 2.20. The van der Waals surface area contributed by atoms with Crippen LogP contribution < -0.4 is 10.5 Å². The van der Waals surface area contributed by atoms with Crippen LogP contribution in [0.25, 0.3) is 0 Å². The highest BCUT2D eigenvalue weighted by atomic mass is 16.5. The molecule has 0 bridgehead atoms. The van der Waals surface area contributed by atoms with Crippen LogP contribution in [-0.2, 0) is 10.2 Å². The molecule has 0 aliphatic heterocycles. The van der Waals surface area contributed by atoms with Crippen molar-refractivity contribution in [2.45, 2.75) is 39.5 Å². The fourth-order valence-electron chi connectivity index (χ4n) is 1.36. The summed E-state index contributed by atoms with van der Waals surface area (Å²) in [6.07, 6.45) is 0.824. The minimum atomic E-state index is -0.146. The second kappa shape index (κ2) is 6.00. The van der Waals surface area contributed by atoms with Gasteiger partial charge in [-0.25, -0.2) is 4.98 Å². The molecular formula is C13H23N3O2. The Hall–Kier alpha value is -1.36.